The number of quaternary nitrogens is 1. The SMILES string of the molecule is OCC[NH+](CC#CC[C@@](O)(c1ccccc1)C1CCCC1)CCO. The molecule has 1 aromatic rings. The molecule has 0 bridgehead atoms. The van der Waals surface area contributed by atoms with E-state index in [2.05, 4.69) is 11.8 Å². The van der Waals surface area contributed by atoms with Gasteiger partial charge in [0.25, 0.3) is 0 Å². The molecule has 4 N–H and O–H groups in total. The Bertz CT molecular complexity index is 525. The monoisotopic (exact) mass is 332 g/mol. The van der Waals surface area contributed by atoms with E-state index in [1.54, 1.807) is 0 Å². The molecule has 1 atom stereocenters. The van der Waals surface area contributed by atoms with Crippen LogP contribution < -0.4 is 4.90 Å². The lowest BCUT2D eigenvalue weighted by Gasteiger charge is -2.33. The summed E-state index contributed by atoms with van der Waals surface area (Å²) in [5, 5.41) is 29.5. The molecular formula is C20H30NO3+. The van der Waals surface area contributed by atoms with Crippen LogP contribution >= 0.6 is 0 Å². The molecule has 1 saturated carbocycles. The van der Waals surface area contributed by atoms with Crippen molar-refractivity contribution in [1.29, 1.82) is 0 Å². The van der Waals surface area contributed by atoms with Gasteiger partial charge in [0.2, 0.25) is 0 Å². The predicted octanol–water partition coefficient (Wildman–Crippen LogP) is 0.327. The lowest BCUT2D eigenvalue weighted by Crippen LogP contribution is -3.12. The van der Waals surface area contributed by atoms with Crippen LogP contribution in [0.25, 0.3) is 0 Å². The van der Waals surface area contributed by atoms with E-state index in [0.29, 0.717) is 26.1 Å². The molecule has 132 valence electrons. The second-order valence-electron chi connectivity index (χ2n) is 6.68. The van der Waals surface area contributed by atoms with Gasteiger partial charge in [-0.05, 0) is 30.2 Å². The van der Waals surface area contributed by atoms with Crippen molar-refractivity contribution in [3.05, 3.63) is 35.9 Å². The molecule has 2 rings (SSSR count). The molecule has 0 saturated heterocycles. The molecule has 1 fully saturated rings. The third-order valence-corrected chi connectivity index (χ3v) is 5.06. The van der Waals surface area contributed by atoms with Crippen molar-refractivity contribution in [2.24, 2.45) is 5.92 Å². The van der Waals surface area contributed by atoms with Crippen LogP contribution in [-0.4, -0.2) is 48.2 Å². The molecular weight excluding hydrogens is 302 g/mol. The van der Waals surface area contributed by atoms with Crippen molar-refractivity contribution in [2.45, 2.75) is 37.7 Å². The normalized spacial score (nSPS) is 17.5. The zero-order valence-corrected chi connectivity index (χ0v) is 14.4. The van der Waals surface area contributed by atoms with Gasteiger partial charge in [-0.2, -0.15) is 0 Å². The number of nitrogens with one attached hydrogen (secondary N) is 1. The number of aliphatic hydroxyl groups excluding tert-OH is 2. The predicted molar refractivity (Wildman–Crippen MR) is 94.4 cm³/mol. The number of aliphatic hydroxyl groups is 3. The minimum atomic E-state index is -0.876. The summed E-state index contributed by atoms with van der Waals surface area (Å²) in [6.07, 6.45) is 4.91. The van der Waals surface area contributed by atoms with E-state index < -0.39 is 5.60 Å². The Hall–Kier alpha value is -1.38. The van der Waals surface area contributed by atoms with Crippen LogP contribution in [-0.2, 0) is 5.60 Å². The van der Waals surface area contributed by atoms with Gasteiger partial charge in [-0.1, -0.05) is 49.1 Å². The van der Waals surface area contributed by atoms with Gasteiger partial charge < -0.3 is 20.2 Å². The molecule has 0 radical (unpaired) electrons. The lowest BCUT2D eigenvalue weighted by atomic mass is 9.78. The van der Waals surface area contributed by atoms with Gasteiger partial charge in [0, 0.05) is 6.42 Å². The van der Waals surface area contributed by atoms with Gasteiger partial charge in [-0.25, -0.2) is 0 Å². The Morgan fingerprint density at radius 1 is 1.00 bits per heavy atom. The molecule has 1 aromatic carbocycles. The van der Waals surface area contributed by atoms with E-state index in [0.717, 1.165) is 23.3 Å². The van der Waals surface area contributed by atoms with Crippen LogP contribution in [0.5, 0.6) is 0 Å². The second kappa shape index (κ2) is 9.80. The highest BCUT2D eigenvalue weighted by Gasteiger charge is 2.39. The summed E-state index contributed by atoms with van der Waals surface area (Å²) in [4.78, 5) is 1.07. The average molecular weight is 332 g/mol. The fourth-order valence-corrected chi connectivity index (χ4v) is 3.61. The standard InChI is InChI=1S/C20H29NO3/c22-16-14-21(15-17-23)13-7-6-12-20(24,19-10-4-5-11-19)18-8-2-1-3-9-18/h1-3,8-9,19,22-24H,4-5,10-17H2/p+1/t20-/m1/s1. The summed E-state index contributed by atoms with van der Waals surface area (Å²) >= 11 is 0. The van der Waals surface area contributed by atoms with E-state index in [4.69, 9.17) is 10.2 Å². The van der Waals surface area contributed by atoms with Crippen molar-refractivity contribution in [1.82, 2.24) is 0 Å². The first-order valence-electron chi connectivity index (χ1n) is 8.99. The van der Waals surface area contributed by atoms with Crippen LogP contribution in [0.4, 0.5) is 0 Å². The molecule has 24 heavy (non-hydrogen) atoms. The highest BCUT2D eigenvalue weighted by atomic mass is 16.3. The zero-order chi connectivity index (χ0) is 17.3. The van der Waals surface area contributed by atoms with Crippen molar-refractivity contribution in [2.75, 3.05) is 32.8 Å². The Balaban J connectivity index is 2.05. The van der Waals surface area contributed by atoms with Gasteiger partial charge in [-0.3, -0.25) is 0 Å². The molecule has 1 aliphatic carbocycles. The van der Waals surface area contributed by atoms with Crippen LogP contribution in [0.15, 0.2) is 30.3 Å². The minimum Gasteiger partial charge on any atom is -0.391 e. The fourth-order valence-electron chi connectivity index (χ4n) is 3.61. The van der Waals surface area contributed by atoms with Gasteiger partial charge in [0.05, 0.1) is 13.2 Å². The number of benzene rings is 1. The van der Waals surface area contributed by atoms with Gasteiger partial charge in [0.15, 0.2) is 0 Å². The summed E-state index contributed by atoms with van der Waals surface area (Å²) in [7, 11) is 0. The summed E-state index contributed by atoms with van der Waals surface area (Å²) in [5.41, 5.74) is 0.0833. The van der Waals surface area contributed by atoms with Crippen LogP contribution in [0.2, 0.25) is 0 Å². The maximum atomic E-state index is 11.4. The Kier molecular flexibility index (Phi) is 7.74. The summed E-state index contributed by atoms with van der Waals surface area (Å²) < 4.78 is 0. The highest BCUT2D eigenvalue weighted by molar-refractivity contribution is 5.26. The van der Waals surface area contributed by atoms with Crippen molar-refractivity contribution in [3.8, 4) is 11.8 Å². The maximum absolute atomic E-state index is 11.4. The average Bonchev–Trinajstić information content (AvgIpc) is 3.15. The first-order chi connectivity index (χ1) is 11.7. The third kappa shape index (κ3) is 5.06. The molecule has 0 aliphatic heterocycles. The Labute approximate surface area is 145 Å². The number of hydrogen-bond acceptors (Lipinski definition) is 3. The molecule has 1 aliphatic rings. The smallest absolute Gasteiger partial charge is 0.139 e. The summed E-state index contributed by atoms with van der Waals surface area (Å²) in [5.74, 6) is 6.57. The van der Waals surface area contributed by atoms with Crippen molar-refractivity contribution >= 4 is 0 Å². The van der Waals surface area contributed by atoms with Crippen molar-refractivity contribution < 1.29 is 20.2 Å². The van der Waals surface area contributed by atoms with E-state index in [1.165, 1.54) is 12.8 Å². The van der Waals surface area contributed by atoms with Crippen LogP contribution in [0, 0.1) is 17.8 Å². The first kappa shape index (κ1) is 19.0. The first-order valence-corrected chi connectivity index (χ1v) is 8.99. The Morgan fingerprint density at radius 3 is 2.21 bits per heavy atom. The molecule has 0 amide bonds. The van der Waals surface area contributed by atoms with E-state index >= 15 is 0 Å². The largest absolute Gasteiger partial charge is 0.391 e. The van der Waals surface area contributed by atoms with Gasteiger partial charge in [-0.15, -0.1) is 0 Å². The maximum Gasteiger partial charge on any atom is 0.139 e. The third-order valence-electron chi connectivity index (χ3n) is 5.06. The Morgan fingerprint density at radius 2 is 1.62 bits per heavy atom. The minimum absolute atomic E-state index is 0.0903. The summed E-state index contributed by atoms with van der Waals surface area (Å²) in [6, 6.07) is 9.90. The second-order valence-corrected chi connectivity index (χ2v) is 6.68. The molecule has 0 unspecified atom stereocenters. The lowest BCUT2D eigenvalue weighted by molar-refractivity contribution is -0.893. The molecule has 4 heteroatoms. The van der Waals surface area contributed by atoms with Crippen molar-refractivity contribution in [3.63, 3.8) is 0 Å². The summed E-state index contributed by atoms with van der Waals surface area (Å²) in [6.45, 7) is 1.93. The molecule has 0 aromatic heterocycles. The molecule has 4 nitrogen and oxygen atoms in total. The molecule has 0 spiro atoms. The number of rotatable bonds is 8. The number of hydrogen-bond donors (Lipinski definition) is 4. The molecule has 0 heterocycles. The van der Waals surface area contributed by atoms with Crippen LogP contribution in [0.3, 0.4) is 0 Å². The van der Waals surface area contributed by atoms with E-state index in [1.807, 2.05) is 30.3 Å². The quantitative estimate of drug-likeness (QED) is 0.519. The zero-order valence-electron chi connectivity index (χ0n) is 14.4. The fraction of sp³-hybridized carbons (Fsp3) is 0.600. The van der Waals surface area contributed by atoms with E-state index in [9.17, 15) is 5.11 Å². The highest BCUT2D eigenvalue weighted by Crippen LogP contribution is 2.42. The van der Waals surface area contributed by atoms with E-state index in [-0.39, 0.29) is 19.1 Å². The van der Waals surface area contributed by atoms with Crippen LogP contribution in [0.1, 0.15) is 37.7 Å². The van der Waals surface area contributed by atoms with Gasteiger partial charge in [0.1, 0.15) is 25.2 Å². The van der Waals surface area contributed by atoms with Gasteiger partial charge >= 0.3 is 0 Å². The topological polar surface area (TPSA) is 65.1 Å².